The molecule has 0 radical (unpaired) electrons. The molecule has 170 valence electrons. The van der Waals surface area contributed by atoms with Gasteiger partial charge in [-0.05, 0) is 40.6 Å². The topological polar surface area (TPSA) is 98.3 Å². The Bertz CT molecular complexity index is 1170. The van der Waals surface area contributed by atoms with E-state index in [1.54, 1.807) is 10.9 Å². The van der Waals surface area contributed by atoms with E-state index in [0.717, 1.165) is 23.9 Å². The lowest BCUT2D eigenvalue weighted by Gasteiger charge is -2.44. The Morgan fingerprint density at radius 2 is 1.97 bits per heavy atom. The Kier molecular flexibility index (Phi) is 6.44. The molecule has 33 heavy (non-hydrogen) atoms. The maximum Gasteiger partial charge on any atom is 0.250 e. The predicted molar refractivity (Wildman–Crippen MR) is 120 cm³/mol. The fourth-order valence-electron chi connectivity index (χ4n) is 3.87. The Morgan fingerprint density at radius 1 is 1.18 bits per heavy atom. The van der Waals surface area contributed by atoms with E-state index in [2.05, 4.69) is 30.7 Å². The normalized spacial score (nSPS) is 16.7. The zero-order valence-corrected chi connectivity index (χ0v) is 18.2. The predicted octanol–water partition coefficient (Wildman–Crippen LogP) is 3.04. The van der Waals surface area contributed by atoms with E-state index in [1.165, 1.54) is 0 Å². The highest BCUT2D eigenvalue weighted by atomic mass is 19.1. The number of tetrazole rings is 1. The van der Waals surface area contributed by atoms with Crippen LogP contribution in [0.4, 0.5) is 20.4 Å². The van der Waals surface area contributed by atoms with Crippen LogP contribution in [0.3, 0.4) is 0 Å². The summed E-state index contributed by atoms with van der Waals surface area (Å²) in [4.78, 5) is 7.86. The number of benzene rings is 2. The van der Waals surface area contributed by atoms with E-state index in [1.807, 2.05) is 49.1 Å². The average Bonchev–Trinajstić information content (AvgIpc) is 3.31. The average molecular weight is 451 g/mol. The molecule has 1 aliphatic heterocycles. The van der Waals surface area contributed by atoms with Gasteiger partial charge in [-0.15, -0.1) is 4.99 Å². The molecule has 2 heterocycles. The van der Waals surface area contributed by atoms with Crippen LogP contribution < -0.4 is 10.2 Å². The third-order valence-corrected chi connectivity index (χ3v) is 5.53. The van der Waals surface area contributed by atoms with Gasteiger partial charge in [-0.3, -0.25) is 0 Å². The van der Waals surface area contributed by atoms with Gasteiger partial charge in [0.1, 0.15) is 11.6 Å². The van der Waals surface area contributed by atoms with E-state index in [9.17, 15) is 14.0 Å². The van der Waals surface area contributed by atoms with Crippen LogP contribution in [-0.2, 0) is 0 Å². The second kappa shape index (κ2) is 9.60. The van der Waals surface area contributed by atoms with Crippen molar-refractivity contribution in [2.75, 3.05) is 29.9 Å². The lowest BCUT2D eigenvalue weighted by Crippen LogP contribution is -2.59. The van der Waals surface area contributed by atoms with Crippen LogP contribution in [0.25, 0.3) is 5.69 Å². The van der Waals surface area contributed by atoms with Gasteiger partial charge in [-0.2, -0.15) is 9.94 Å². The van der Waals surface area contributed by atoms with Gasteiger partial charge in [-0.25, -0.2) is 8.78 Å². The minimum absolute atomic E-state index is 0.0815. The Hall–Kier alpha value is -4.07. The number of hydrogen-bond acceptors (Lipinski definition) is 6. The molecule has 9 nitrogen and oxygen atoms in total. The van der Waals surface area contributed by atoms with Gasteiger partial charge in [0.05, 0.1) is 17.4 Å². The largest absolute Gasteiger partial charge is 0.336 e. The number of nitrogens with one attached hydrogen (secondary N) is 1. The highest BCUT2D eigenvalue weighted by Crippen LogP contribution is 2.24. The van der Waals surface area contributed by atoms with Crippen LogP contribution in [0.2, 0.25) is 0 Å². The number of guanidine groups is 1. The molecule has 1 fully saturated rings. The van der Waals surface area contributed by atoms with E-state index < -0.39 is 11.6 Å². The van der Waals surface area contributed by atoms with Crippen LogP contribution in [0.15, 0.2) is 53.5 Å². The number of halogens is 2. The molecule has 1 aliphatic rings. The third-order valence-electron chi connectivity index (χ3n) is 5.53. The molecule has 3 aromatic rings. The fourth-order valence-corrected chi connectivity index (χ4v) is 3.87. The number of anilines is 2. The first-order chi connectivity index (χ1) is 16.0. The quantitative estimate of drug-likeness (QED) is 0.370. The van der Waals surface area contributed by atoms with Gasteiger partial charge in [0.15, 0.2) is 0 Å². The van der Waals surface area contributed by atoms with E-state index in [0.29, 0.717) is 25.6 Å². The van der Waals surface area contributed by atoms with Gasteiger partial charge < -0.3 is 15.1 Å². The molecule has 1 N–H and O–H groups in total. The molecule has 0 spiro atoms. The molecule has 2 aromatic carbocycles. The van der Waals surface area contributed by atoms with Crippen molar-refractivity contribution >= 4 is 17.6 Å². The summed E-state index contributed by atoms with van der Waals surface area (Å²) < 4.78 is 29.6. The molecular formula is C22H23F2N9. The van der Waals surface area contributed by atoms with E-state index in [-0.39, 0.29) is 23.6 Å². The molecule has 1 aromatic heterocycles. The van der Waals surface area contributed by atoms with Crippen molar-refractivity contribution in [3.63, 3.8) is 0 Å². The second-order valence-electron chi connectivity index (χ2n) is 7.96. The summed E-state index contributed by atoms with van der Waals surface area (Å²) >= 11 is 0. The summed E-state index contributed by atoms with van der Waals surface area (Å²) in [7, 11) is 0. The number of rotatable bonds is 4. The summed E-state index contributed by atoms with van der Waals surface area (Å²) in [5.41, 5.74) is 0.762. The van der Waals surface area contributed by atoms with E-state index >= 15 is 0 Å². The van der Waals surface area contributed by atoms with E-state index in [4.69, 9.17) is 0 Å². The lowest BCUT2D eigenvalue weighted by atomic mass is 10.00. The number of aromatic nitrogens is 4. The lowest BCUT2D eigenvalue weighted by molar-refractivity contribution is 0.223. The summed E-state index contributed by atoms with van der Waals surface area (Å²) in [6.45, 7) is 5.65. The zero-order valence-electron chi connectivity index (χ0n) is 18.2. The van der Waals surface area contributed by atoms with Crippen LogP contribution in [0.1, 0.15) is 13.8 Å². The Balaban J connectivity index is 1.60. The van der Waals surface area contributed by atoms with Gasteiger partial charge in [0.25, 0.3) is 5.95 Å². The van der Waals surface area contributed by atoms with Gasteiger partial charge in [-0.1, -0.05) is 37.1 Å². The molecule has 1 saturated heterocycles. The molecule has 0 aliphatic carbocycles. The number of aliphatic imine (C=N–C) groups is 1. The summed E-state index contributed by atoms with van der Waals surface area (Å²) in [5, 5.41) is 24.3. The van der Waals surface area contributed by atoms with Gasteiger partial charge in [0, 0.05) is 25.7 Å². The van der Waals surface area contributed by atoms with Crippen LogP contribution in [0.5, 0.6) is 0 Å². The first-order valence-electron chi connectivity index (χ1n) is 10.5. The molecular weight excluding hydrogens is 428 g/mol. The number of nitrogens with zero attached hydrogens (tertiary/aromatic N) is 8. The molecule has 11 heteroatoms. The highest BCUT2D eigenvalue weighted by molar-refractivity contribution is 5.94. The maximum absolute atomic E-state index is 14.2. The summed E-state index contributed by atoms with van der Waals surface area (Å²) in [6, 6.07) is 12.6. The first kappa shape index (κ1) is 22.1. The highest BCUT2D eigenvalue weighted by Gasteiger charge is 2.34. The fraction of sp³-hybridized carbons (Fsp3) is 0.318. The smallest absolute Gasteiger partial charge is 0.250 e. The Labute approximate surface area is 189 Å². The third kappa shape index (κ3) is 4.74. The van der Waals surface area contributed by atoms with Crippen molar-refractivity contribution in [2.24, 2.45) is 10.9 Å². The summed E-state index contributed by atoms with van der Waals surface area (Å²) in [6.07, 6.45) is 1.77. The van der Waals surface area contributed by atoms with Gasteiger partial charge >= 0.3 is 0 Å². The minimum atomic E-state index is -0.635. The van der Waals surface area contributed by atoms with Crippen molar-refractivity contribution in [1.29, 1.82) is 5.26 Å². The van der Waals surface area contributed by atoms with Crippen LogP contribution in [-0.4, -0.2) is 56.7 Å². The molecule has 0 amide bonds. The van der Waals surface area contributed by atoms with Crippen molar-refractivity contribution in [2.45, 2.75) is 19.9 Å². The minimum Gasteiger partial charge on any atom is -0.336 e. The number of piperazine rings is 1. The molecule has 4 rings (SSSR count). The molecule has 1 unspecified atom stereocenters. The molecule has 0 saturated carbocycles. The monoisotopic (exact) mass is 451 g/mol. The van der Waals surface area contributed by atoms with Crippen molar-refractivity contribution in [3.8, 4) is 11.9 Å². The van der Waals surface area contributed by atoms with Crippen molar-refractivity contribution in [3.05, 3.63) is 60.2 Å². The summed E-state index contributed by atoms with van der Waals surface area (Å²) in [5.74, 6) is -0.300. The van der Waals surface area contributed by atoms with Crippen molar-refractivity contribution in [1.82, 2.24) is 25.1 Å². The van der Waals surface area contributed by atoms with Crippen LogP contribution in [0, 0.1) is 29.0 Å². The number of para-hydroxylation sites is 1. The standard InChI is InChI=1S/C22H23F2N9/c1-15(2)20-13-31(22-28-29-30-33(22)17-6-4-3-5-7-17)10-11-32(20)21(26-14-25)27-19-12-16(23)8-9-18(19)24/h3-9,12,15,20H,10-11,13H2,1-2H3,(H,26,27). The Morgan fingerprint density at radius 3 is 2.70 bits per heavy atom. The number of nitriles is 1. The maximum atomic E-state index is 14.2. The SMILES string of the molecule is CC(C)C1CN(c2nnnn2-c2ccccc2)CCN1/C(=N\C#N)Nc1cc(F)ccc1F. The number of hydrogen-bond donors (Lipinski definition) is 1. The van der Waals surface area contributed by atoms with Crippen molar-refractivity contribution < 1.29 is 8.78 Å². The zero-order chi connectivity index (χ0) is 23.4. The second-order valence-corrected chi connectivity index (χ2v) is 7.96. The van der Waals surface area contributed by atoms with Gasteiger partial charge in [0.2, 0.25) is 12.2 Å². The first-order valence-corrected chi connectivity index (χ1v) is 10.5. The molecule has 0 bridgehead atoms. The van der Waals surface area contributed by atoms with Crippen LogP contribution >= 0.6 is 0 Å². The molecule has 1 atom stereocenters.